The molecule has 0 saturated heterocycles. The Labute approximate surface area is 109 Å². The predicted octanol–water partition coefficient (Wildman–Crippen LogP) is 2.75. The zero-order valence-corrected chi connectivity index (χ0v) is 11.6. The van der Waals surface area contributed by atoms with Crippen LogP contribution in [-0.2, 0) is 6.54 Å². The zero-order chi connectivity index (χ0) is 12.0. The number of rotatable bonds is 2. The van der Waals surface area contributed by atoms with Gasteiger partial charge in [-0.05, 0) is 59.9 Å². The summed E-state index contributed by atoms with van der Waals surface area (Å²) in [6.45, 7) is 2.78. The summed E-state index contributed by atoms with van der Waals surface area (Å²) in [5.74, 6) is 3.31. The first-order chi connectivity index (χ1) is 8.15. The Kier molecular flexibility index (Phi) is 2.85. The summed E-state index contributed by atoms with van der Waals surface area (Å²) < 4.78 is 2.42. The van der Waals surface area contributed by atoms with Crippen LogP contribution in [-0.4, -0.2) is 9.55 Å². The van der Waals surface area contributed by atoms with E-state index < -0.39 is 0 Å². The van der Waals surface area contributed by atoms with E-state index in [1.807, 2.05) is 11.5 Å². The Morgan fingerprint density at radius 2 is 2.29 bits per heavy atom. The summed E-state index contributed by atoms with van der Waals surface area (Å²) in [6, 6.07) is 0. The molecule has 2 fully saturated rings. The number of fused-ring (bicyclic) bond motifs is 2. The molecule has 4 heteroatoms. The fourth-order valence-electron chi connectivity index (χ4n) is 3.60. The van der Waals surface area contributed by atoms with Crippen molar-refractivity contribution in [3.63, 3.8) is 0 Å². The number of aryl methyl sites for hydroxylation is 1. The lowest BCUT2D eigenvalue weighted by atomic mass is 9.89. The molecular weight excluding hydrogens is 280 g/mol. The van der Waals surface area contributed by atoms with E-state index >= 15 is 0 Å². The van der Waals surface area contributed by atoms with E-state index in [-0.39, 0.29) is 5.56 Å². The fourth-order valence-corrected chi connectivity index (χ4v) is 3.92. The number of hydrogen-bond donors (Lipinski definition) is 0. The minimum atomic E-state index is 0.0697. The molecule has 3 atom stereocenters. The number of nitrogens with zero attached hydrogens (tertiary/aromatic N) is 2. The minimum Gasteiger partial charge on any atom is -0.296 e. The third kappa shape index (κ3) is 1.96. The number of halogens is 1. The highest BCUT2D eigenvalue weighted by Gasteiger charge is 2.39. The van der Waals surface area contributed by atoms with Gasteiger partial charge in [0.25, 0.3) is 5.56 Å². The molecule has 17 heavy (non-hydrogen) atoms. The van der Waals surface area contributed by atoms with Gasteiger partial charge in [0.1, 0.15) is 10.3 Å². The molecule has 3 nitrogen and oxygen atoms in total. The predicted molar refractivity (Wildman–Crippen MR) is 69.9 cm³/mol. The Bertz CT molecular complexity index is 497. The summed E-state index contributed by atoms with van der Waals surface area (Å²) in [7, 11) is 0. The highest BCUT2D eigenvalue weighted by Crippen LogP contribution is 2.48. The summed E-state index contributed by atoms with van der Waals surface area (Å²) >= 11 is 3.27. The van der Waals surface area contributed by atoms with Gasteiger partial charge in [-0.15, -0.1) is 0 Å². The molecule has 0 N–H and O–H groups in total. The molecule has 1 heterocycles. The average molecular weight is 297 g/mol. The van der Waals surface area contributed by atoms with Crippen LogP contribution in [0.4, 0.5) is 0 Å². The maximum atomic E-state index is 12.1. The molecule has 2 aliphatic rings. The fraction of sp³-hybridized carbons (Fsp3) is 0.692. The van der Waals surface area contributed by atoms with Crippen molar-refractivity contribution in [2.75, 3.05) is 0 Å². The lowest BCUT2D eigenvalue weighted by Crippen LogP contribution is -2.29. The van der Waals surface area contributed by atoms with E-state index in [1.165, 1.54) is 25.7 Å². The normalized spacial score (nSPS) is 31.1. The van der Waals surface area contributed by atoms with Gasteiger partial charge in [0.05, 0.1) is 0 Å². The van der Waals surface area contributed by atoms with Gasteiger partial charge in [-0.3, -0.25) is 9.36 Å². The van der Waals surface area contributed by atoms with Gasteiger partial charge in [-0.25, -0.2) is 4.98 Å². The van der Waals surface area contributed by atoms with Gasteiger partial charge in [-0.1, -0.05) is 6.42 Å². The third-order valence-corrected chi connectivity index (χ3v) is 5.05. The van der Waals surface area contributed by atoms with Crippen LogP contribution in [0.1, 0.15) is 31.5 Å². The van der Waals surface area contributed by atoms with Gasteiger partial charge < -0.3 is 0 Å². The summed E-state index contributed by atoms with van der Waals surface area (Å²) in [6.07, 6.45) is 7.08. The smallest absolute Gasteiger partial charge is 0.267 e. The van der Waals surface area contributed by atoms with Gasteiger partial charge in [-0.2, -0.15) is 0 Å². The summed E-state index contributed by atoms with van der Waals surface area (Å²) in [5, 5.41) is 0. The Morgan fingerprint density at radius 1 is 1.47 bits per heavy atom. The van der Waals surface area contributed by atoms with Gasteiger partial charge in [0.15, 0.2) is 0 Å². The topological polar surface area (TPSA) is 34.9 Å². The first-order valence-corrected chi connectivity index (χ1v) is 7.16. The molecule has 2 aliphatic carbocycles. The second kappa shape index (κ2) is 4.23. The van der Waals surface area contributed by atoms with Crippen LogP contribution in [0.3, 0.4) is 0 Å². The molecule has 0 radical (unpaired) electrons. The molecule has 92 valence electrons. The van der Waals surface area contributed by atoms with E-state index in [1.54, 1.807) is 6.20 Å². The van der Waals surface area contributed by atoms with Crippen molar-refractivity contribution >= 4 is 15.9 Å². The van der Waals surface area contributed by atoms with Crippen molar-refractivity contribution in [1.29, 1.82) is 0 Å². The summed E-state index contributed by atoms with van der Waals surface area (Å²) in [5.41, 5.74) is 0.0697. The molecule has 1 aromatic rings. The Balaban J connectivity index is 1.86. The monoisotopic (exact) mass is 296 g/mol. The van der Waals surface area contributed by atoms with Crippen molar-refractivity contribution in [2.24, 2.45) is 17.8 Å². The van der Waals surface area contributed by atoms with Crippen LogP contribution < -0.4 is 5.56 Å². The molecule has 0 amide bonds. The molecule has 2 saturated carbocycles. The van der Waals surface area contributed by atoms with E-state index in [4.69, 9.17) is 0 Å². The number of aromatic nitrogens is 2. The molecule has 0 spiro atoms. The molecule has 3 rings (SSSR count). The van der Waals surface area contributed by atoms with Crippen LogP contribution in [0.15, 0.2) is 15.5 Å². The van der Waals surface area contributed by atoms with Crippen molar-refractivity contribution in [3.8, 4) is 0 Å². The van der Waals surface area contributed by atoms with Crippen LogP contribution in [0, 0.1) is 24.7 Å². The molecule has 0 aromatic carbocycles. The van der Waals surface area contributed by atoms with Crippen LogP contribution in [0.25, 0.3) is 0 Å². The van der Waals surface area contributed by atoms with Crippen molar-refractivity contribution < 1.29 is 0 Å². The van der Waals surface area contributed by atoms with Crippen LogP contribution >= 0.6 is 15.9 Å². The molecular formula is C13H17BrN2O. The first kappa shape index (κ1) is 11.5. The molecule has 0 aliphatic heterocycles. The maximum absolute atomic E-state index is 12.1. The molecule has 1 aromatic heterocycles. The minimum absolute atomic E-state index is 0.0697. The van der Waals surface area contributed by atoms with Gasteiger partial charge in [0.2, 0.25) is 0 Å². The Hall–Kier alpha value is -0.640. The van der Waals surface area contributed by atoms with E-state index in [0.29, 0.717) is 10.4 Å². The zero-order valence-electron chi connectivity index (χ0n) is 10.0. The lowest BCUT2D eigenvalue weighted by molar-refractivity contribution is 0.289. The summed E-state index contributed by atoms with van der Waals surface area (Å²) in [4.78, 5) is 16.3. The lowest BCUT2D eigenvalue weighted by Gasteiger charge is -2.23. The maximum Gasteiger partial charge on any atom is 0.267 e. The quantitative estimate of drug-likeness (QED) is 0.841. The highest BCUT2D eigenvalue weighted by molar-refractivity contribution is 9.10. The van der Waals surface area contributed by atoms with Crippen molar-refractivity contribution in [1.82, 2.24) is 9.55 Å². The highest BCUT2D eigenvalue weighted by atomic mass is 79.9. The van der Waals surface area contributed by atoms with Crippen LogP contribution in [0.5, 0.6) is 0 Å². The third-order valence-electron chi connectivity index (χ3n) is 4.51. The van der Waals surface area contributed by atoms with Gasteiger partial charge >= 0.3 is 0 Å². The van der Waals surface area contributed by atoms with Crippen molar-refractivity contribution in [3.05, 3.63) is 26.8 Å². The second-order valence-electron chi connectivity index (χ2n) is 5.50. The first-order valence-electron chi connectivity index (χ1n) is 6.37. The molecule has 3 unspecified atom stereocenters. The second-order valence-corrected chi connectivity index (χ2v) is 6.36. The Morgan fingerprint density at radius 3 is 2.94 bits per heavy atom. The van der Waals surface area contributed by atoms with E-state index in [2.05, 4.69) is 20.9 Å². The van der Waals surface area contributed by atoms with E-state index in [9.17, 15) is 4.79 Å². The van der Waals surface area contributed by atoms with Gasteiger partial charge in [0, 0.05) is 12.7 Å². The standard InChI is InChI=1S/C13H17BrN2O/c1-8-15-6-12(14)13(17)16(8)7-11-5-9-2-3-10(11)4-9/h6,9-11H,2-5,7H2,1H3. The van der Waals surface area contributed by atoms with Crippen LogP contribution in [0.2, 0.25) is 0 Å². The van der Waals surface area contributed by atoms with Crippen molar-refractivity contribution in [2.45, 2.75) is 39.2 Å². The average Bonchev–Trinajstić information content (AvgIpc) is 2.91. The molecule has 2 bridgehead atoms. The largest absolute Gasteiger partial charge is 0.296 e. The van der Waals surface area contributed by atoms with E-state index in [0.717, 1.165) is 24.2 Å². The number of hydrogen-bond acceptors (Lipinski definition) is 2. The SMILES string of the molecule is Cc1ncc(Br)c(=O)n1CC1CC2CCC1C2.